The quantitative estimate of drug-likeness (QED) is 0.777. The van der Waals surface area contributed by atoms with E-state index in [1.54, 1.807) is 18.0 Å². The zero-order valence-corrected chi connectivity index (χ0v) is 14.1. The zero-order chi connectivity index (χ0) is 17.1. The van der Waals surface area contributed by atoms with Gasteiger partial charge in [-0.1, -0.05) is 24.3 Å². The predicted octanol–water partition coefficient (Wildman–Crippen LogP) is 3.81. The number of carbonyl (C=O) groups is 1. The fourth-order valence-corrected chi connectivity index (χ4v) is 2.64. The molecule has 0 unspecified atom stereocenters. The van der Waals surface area contributed by atoms with E-state index in [1.165, 1.54) is 0 Å². The van der Waals surface area contributed by atoms with E-state index in [4.69, 9.17) is 4.74 Å². The van der Waals surface area contributed by atoms with Crippen LogP contribution < -0.4 is 10.1 Å². The molecule has 1 heterocycles. The van der Waals surface area contributed by atoms with E-state index in [1.807, 2.05) is 50.4 Å². The van der Waals surface area contributed by atoms with Gasteiger partial charge in [0.25, 0.3) is 0 Å². The summed E-state index contributed by atoms with van der Waals surface area (Å²) in [5.41, 5.74) is 1.70. The van der Waals surface area contributed by atoms with Crippen molar-refractivity contribution in [3.63, 3.8) is 0 Å². The molecule has 0 fully saturated rings. The zero-order valence-electron chi connectivity index (χ0n) is 14.1. The summed E-state index contributed by atoms with van der Waals surface area (Å²) < 4.78 is 7.03. The van der Waals surface area contributed by atoms with Crippen LogP contribution in [0.15, 0.2) is 48.8 Å². The van der Waals surface area contributed by atoms with E-state index >= 15 is 0 Å². The minimum atomic E-state index is -0.249. The van der Waals surface area contributed by atoms with Gasteiger partial charge in [0.1, 0.15) is 5.75 Å². The van der Waals surface area contributed by atoms with Gasteiger partial charge in [0.2, 0.25) is 5.91 Å². The first-order chi connectivity index (χ1) is 11.6. The summed E-state index contributed by atoms with van der Waals surface area (Å²) in [5, 5.41) is 9.27. The molecule has 0 radical (unpaired) electrons. The molecule has 24 heavy (non-hydrogen) atoms. The van der Waals surface area contributed by atoms with Crippen molar-refractivity contribution in [3.05, 3.63) is 54.4 Å². The van der Waals surface area contributed by atoms with Gasteiger partial charge in [-0.2, -0.15) is 5.10 Å². The molecule has 0 aliphatic rings. The molecule has 0 aliphatic carbocycles. The highest BCUT2D eigenvalue weighted by Crippen LogP contribution is 2.25. The van der Waals surface area contributed by atoms with Crippen LogP contribution in [0.5, 0.6) is 5.75 Å². The van der Waals surface area contributed by atoms with Crippen molar-refractivity contribution >= 4 is 22.4 Å². The van der Waals surface area contributed by atoms with E-state index in [0.29, 0.717) is 0 Å². The molecule has 1 atom stereocenters. The number of nitrogens with one attached hydrogen (secondary N) is 1. The smallest absolute Gasteiger partial charge is 0.231 e. The number of aryl methyl sites for hydroxylation is 1. The van der Waals surface area contributed by atoms with Crippen LogP contribution in [-0.2, 0) is 11.3 Å². The Kier molecular flexibility index (Phi) is 4.51. The number of rotatable bonds is 5. The maximum absolute atomic E-state index is 12.5. The molecular weight excluding hydrogens is 302 g/mol. The van der Waals surface area contributed by atoms with Crippen LogP contribution in [0, 0.1) is 0 Å². The lowest BCUT2D eigenvalue weighted by Crippen LogP contribution is -2.18. The number of carbonyl (C=O) groups excluding carboxylic acids is 1. The summed E-state index contributed by atoms with van der Waals surface area (Å²) in [6, 6.07) is 12.0. The number of amides is 1. The van der Waals surface area contributed by atoms with E-state index < -0.39 is 0 Å². The van der Waals surface area contributed by atoms with Crippen LogP contribution in [0.3, 0.4) is 0 Å². The molecule has 0 bridgehead atoms. The molecule has 0 saturated heterocycles. The molecule has 1 N–H and O–H groups in total. The number of ether oxygens (including phenoxy) is 1. The van der Waals surface area contributed by atoms with Crippen molar-refractivity contribution in [2.45, 2.75) is 26.3 Å². The Balaban J connectivity index is 1.79. The molecule has 5 heteroatoms. The first-order valence-electron chi connectivity index (χ1n) is 8.01. The van der Waals surface area contributed by atoms with Gasteiger partial charge in [-0.25, -0.2) is 0 Å². The number of nitrogens with zero attached hydrogens (tertiary/aromatic N) is 2. The average molecular weight is 323 g/mol. The molecule has 0 spiro atoms. The number of methoxy groups -OCH3 is 1. The van der Waals surface area contributed by atoms with Crippen LogP contribution in [0.4, 0.5) is 5.69 Å². The Morgan fingerprint density at radius 3 is 2.71 bits per heavy atom. The van der Waals surface area contributed by atoms with Gasteiger partial charge >= 0.3 is 0 Å². The lowest BCUT2D eigenvalue weighted by Gasteiger charge is -2.13. The van der Waals surface area contributed by atoms with Crippen LogP contribution in [0.25, 0.3) is 10.8 Å². The van der Waals surface area contributed by atoms with Gasteiger partial charge in [0, 0.05) is 12.7 Å². The van der Waals surface area contributed by atoms with Gasteiger partial charge in [0.05, 0.1) is 24.9 Å². The molecule has 5 nitrogen and oxygen atoms in total. The summed E-state index contributed by atoms with van der Waals surface area (Å²) in [7, 11) is 1.66. The highest BCUT2D eigenvalue weighted by Gasteiger charge is 2.16. The van der Waals surface area contributed by atoms with Crippen LogP contribution in [-0.4, -0.2) is 22.8 Å². The fraction of sp³-hybridized carbons (Fsp3) is 0.263. The van der Waals surface area contributed by atoms with E-state index in [9.17, 15) is 4.79 Å². The second-order valence-corrected chi connectivity index (χ2v) is 5.77. The van der Waals surface area contributed by atoms with Crippen molar-refractivity contribution in [3.8, 4) is 5.75 Å². The lowest BCUT2D eigenvalue weighted by molar-refractivity contribution is -0.117. The fourth-order valence-electron chi connectivity index (χ4n) is 2.64. The SMILES string of the molecule is CCn1cc(NC(=O)[C@@H](C)c2ccc3cc(OC)ccc3c2)cn1. The highest BCUT2D eigenvalue weighted by molar-refractivity contribution is 5.96. The van der Waals surface area contributed by atoms with Gasteiger partial charge in [-0.05, 0) is 42.3 Å². The molecule has 3 aromatic rings. The molecule has 1 aromatic heterocycles. The number of fused-ring (bicyclic) bond motifs is 1. The largest absolute Gasteiger partial charge is 0.497 e. The van der Waals surface area contributed by atoms with Crippen molar-refractivity contribution < 1.29 is 9.53 Å². The molecule has 124 valence electrons. The second kappa shape index (κ2) is 6.74. The minimum Gasteiger partial charge on any atom is -0.497 e. The first kappa shape index (κ1) is 16.1. The van der Waals surface area contributed by atoms with Crippen molar-refractivity contribution in [2.24, 2.45) is 0 Å². The van der Waals surface area contributed by atoms with Crippen LogP contribution in [0.2, 0.25) is 0 Å². The van der Waals surface area contributed by atoms with Crippen molar-refractivity contribution in [2.75, 3.05) is 12.4 Å². The Morgan fingerprint density at radius 2 is 2.00 bits per heavy atom. The van der Waals surface area contributed by atoms with Crippen LogP contribution >= 0.6 is 0 Å². The number of hydrogen-bond acceptors (Lipinski definition) is 3. The maximum atomic E-state index is 12.5. The Labute approximate surface area is 141 Å². The number of aromatic nitrogens is 2. The van der Waals surface area contributed by atoms with E-state index in [2.05, 4.69) is 16.5 Å². The monoisotopic (exact) mass is 323 g/mol. The van der Waals surface area contributed by atoms with Gasteiger partial charge in [-0.3, -0.25) is 9.48 Å². The Bertz CT molecular complexity index is 870. The molecule has 0 saturated carbocycles. The second-order valence-electron chi connectivity index (χ2n) is 5.77. The molecule has 3 rings (SSSR count). The topological polar surface area (TPSA) is 56.2 Å². The Morgan fingerprint density at radius 1 is 1.25 bits per heavy atom. The van der Waals surface area contributed by atoms with Gasteiger partial charge in [0.15, 0.2) is 0 Å². The number of benzene rings is 2. The Hall–Kier alpha value is -2.82. The van der Waals surface area contributed by atoms with Crippen molar-refractivity contribution in [1.29, 1.82) is 0 Å². The normalized spacial score (nSPS) is 12.1. The summed E-state index contributed by atoms with van der Waals surface area (Å²) >= 11 is 0. The van der Waals surface area contributed by atoms with Gasteiger partial charge in [-0.15, -0.1) is 0 Å². The standard InChI is InChI=1S/C19H21N3O2/c1-4-22-12-17(11-20-22)21-19(23)13(2)14-5-6-16-10-18(24-3)8-7-15(16)9-14/h5-13H,4H2,1-3H3,(H,21,23)/t13-/m0/s1. The predicted molar refractivity (Wildman–Crippen MR) is 95.4 cm³/mol. The third kappa shape index (κ3) is 3.25. The van der Waals surface area contributed by atoms with E-state index in [-0.39, 0.29) is 11.8 Å². The first-order valence-corrected chi connectivity index (χ1v) is 8.01. The minimum absolute atomic E-state index is 0.0430. The molecule has 2 aromatic carbocycles. The molecule has 0 aliphatic heterocycles. The summed E-state index contributed by atoms with van der Waals surface area (Å²) in [5.74, 6) is 0.536. The molecular formula is C19H21N3O2. The van der Waals surface area contributed by atoms with Crippen molar-refractivity contribution in [1.82, 2.24) is 9.78 Å². The number of anilines is 1. The van der Waals surface area contributed by atoms with Gasteiger partial charge < -0.3 is 10.1 Å². The average Bonchev–Trinajstić information content (AvgIpc) is 3.07. The lowest BCUT2D eigenvalue weighted by atomic mass is 9.97. The third-order valence-electron chi connectivity index (χ3n) is 4.19. The third-order valence-corrected chi connectivity index (χ3v) is 4.19. The summed E-state index contributed by atoms with van der Waals surface area (Å²) in [4.78, 5) is 12.5. The van der Waals surface area contributed by atoms with E-state index in [0.717, 1.165) is 34.3 Å². The maximum Gasteiger partial charge on any atom is 0.231 e. The summed E-state index contributed by atoms with van der Waals surface area (Å²) in [6.45, 7) is 4.69. The number of hydrogen-bond donors (Lipinski definition) is 1. The summed E-state index contributed by atoms with van der Waals surface area (Å²) in [6.07, 6.45) is 3.50. The van der Waals surface area contributed by atoms with Crippen LogP contribution in [0.1, 0.15) is 25.3 Å². The molecule has 1 amide bonds. The highest BCUT2D eigenvalue weighted by atomic mass is 16.5.